The smallest absolute Gasteiger partial charge is 0.407 e. The Morgan fingerprint density at radius 2 is 1.38 bits per heavy atom. The van der Waals surface area contributed by atoms with Crippen molar-refractivity contribution in [2.24, 2.45) is 5.41 Å². The maximum Gasteiger partial charge on any atom is 0.407 e. The number of rotatable bonds is 18. The number of amides is 4. The summed E-state index contributed by atoms with van der Waals surface area (Å²) in [4.78, 5) is 78.7. The van der Waals surface area contributed by atoms with E-state index in [0.29, 0.717) is 6.42 Å². The van der Waals surface area contributed by atoms with Gasteiger partial charge in [-0.3, -0.25) is 24.3 Å². The maximum atomic E-state index is 14.0. The van der Waals surface area contributed by atoms with Crippen LogP contribution in [-0.4, -0.2) is 82.9 Å². The monoisotopic (exact) mass is 761 g/mol. The Kier molecular flexibility index (Phi) is 16.3. The van der Waals surface area contributed by atoms with Gasteiger partial charge in [0.2, 0.25) is 17.7 Å². The summed E-state index contributed by atoms with van der Waals surface area (Å²) in [6.07, 6.45) is 0.154. The molecule has 298 valence electrons. The molecule has 4 amide bonds. The Bertz CT molecular complexity index is 1710. The number of aromatic nitrogens is 1. The largest absolute Gasteiger partial charge is 0.453 e. The molecule has 5 N–H and O–H groups in total. The van der Waals surface area contributed by atoms with Crippen LogP contribution < -0.4 is 21.3 Å². The molecule has 3 aromatic rings. The van der Waals surface area contributed by atoms with Crippen molar-refractivity contribution in [1.82, 2.24) is 26.3 Å². The van der Waals surface area contributed by atoms with Crippen LogP contribution in [0.25, 0.3) is 11.3 Å². The van der Waals surface area contributed by atoms with Crippen molar-refractivity contribution in [1.29, 1.82) is 0 Å². The van der Waals surface area contributed by atoms with Crippen molar-refractivity contribution in [3.8, 4) is 11.3 Å². The third-order valence-corrected chi connectivity index (χ3v) is 8.89. The van der Waals surface area contributed by atoms with Crippen molar-refractivity contribution in [3.63, 3.8) is 0 Å². The van der Waals surface area contributed by atoms with Gasteiger partial charge < -0.3 is 31.1 Å². The molecule has 0 fully saturated rings. The number of nitrogens with one attached hydrogen (secondary N) is 4. The predicted octanol–water partition coefficient (Wildman–Crippen LogP) is 4.19. The fourth-order valence-corrected chi connectivity index (χ4v) is 5.86. The minimum absolute atomic E-state index is 0.0213. The predicted molar refractivity (Wildman–Crippen MR) is 206 cm³/mol. The second kappa shape index (κ2) is 20.4. The topological polar surface area (TPSA) is 194 Å². The highest BCUT2D eigenvalue weighted by atomic mass is 17.2. The van der Waals surface area contributed by atoms with Gasteiger partial charge in [-0.25, -0.2) is 9.59 Å². The number of methoxy groups -OCH3 is 1. The molecule has 0 radical (unpaired) electrons. The number of benzene rings is 2. The van der Waals surface area contributed by atoms with Crippen LogP contribution in [0.1, 0.15) is 72.4 Å². The van der Waals surface area contributed by atoms with E-state index in [9.17, 15) is 29.1 Å². The van der Waals surface area contributed by atoms with Gasteiger partial charge in [0, 0.05) is 31.1 Å². The van der Waals surface area contributed by atoms with E-state index in [4.69, 9.17) is 14.5 Å². The van der Waals surface area contributed by atoms with Gasteiger partial charge >= 0.3 is 12.1 Å². The van der Waals surface area contributed by atoms with E-state index in [1.807, 2.05) is 93.6 Å². The van der Waals surface area contributed by atoms with Crippen LogP contribution in [0.2, 0.25) is 0 Å². The van der Waals surface area contributed by atoms with Crippen molar-refractivity contribution >= 4 is 29.8 Å². The number of aliphatic hydroxyl groups excluding tert-OH is 1. The quantitative estimate of drug-likeness (QED) is 0.0927. The first-order chi connectivity index (χ1) is 25.9. The zero-order chi connectivity index (χ0) is 40.8. The molecule has 0 aliphatic heterocycles. The molecule has 1 aromatic heterocycles. The van der Waals surface area contributed by atoms with E-state index in [-0.39, 0.29) is 25.2 Å². The Morgan fingerprint density at radius 1 is 0.764 bits per heavy atom. The molecular formula is C41H55N5O9. The molecule has 0 aliphatic carbocycles. The molecule has 0 aliphatic rings. The molecule has 0 spiro atoms. The number of ether oxygens (including phenoxy) is 1. The van der Waals surface area contributed by atoms with Gasteiger partial charge in [-0.1, -0.05) is 88.4 Å². The number of alkyl carbamates (subject to hydrolysis) is 1. The van der Waals surface area contributed by atoms with Crippen LogP contribution in [0, 0.1) is 5.41 Å². The fraction of sp³-hybridized carbons (Fsp3) is 0.463. The Morgan fingerprint density at radius 3 is 1.95 bits per heavy atom. The van der Waals surface area contributed by atoms with E-state index >= 15 is 0 Å². The molecule has 55 heavy (non-hydrogen) atoms. The van der Waals surface area contributed by atoms with Gasteiger partial charge in [0.05, 0.1) is 24.9 Å². The standard InChI is InChI=1S/C41H55N5O9/c1-9-34(49)45-35(40(3,4)5)37(50)43-30(23-28-18-20-29(21-19-28)31-17-13-14-22-42-31)25-33(48)32(24-27-15-11-10-12-16-27)44-38(51)36(46-39(52)53-8)41(6,7)55-54-26(2)47/h10-22,30,32-33,35-36,48H,9,23-25H2,1-8H3,(H,43,50)(H,44,51)(H,45,49)(H,46,52)/t30-,32-,33-,35+,36+/m0/s1. The minimum atomic E-state index is -1.59. The minimum Gasteiger partial charge on any atom is -0.453 e. The molecule has 0 unspecified atom stereocenters. The molecule has 5 atom stereocenters. The van der Waals surface area contributed by atoms with Crippen LogP contribution >= 0.6 is 0 Å². The first-order valence-corrected chi connectivity index (χ1v) is 18.3. The third kappa shape index (κ3) is 14.1. The Balaban J connectivity index is 1.99. The average Bonchev–Trinajstić information content (AvgIpc) is 3.15. The third-order valence-electron chi connectivity index (χ3n) is 8.89. The number of nitrogens with zero attached hydrogens (tertiary/aromatic N) is 1. The van der Waals surface area contributed by atoms with Gasteiger partial charge in [-0.05, 0) is 61.8 Å². The lowest BCUT2D eigenvalue weighted by atomic mass is 9.85. The SMILES string of the molecule is CCC(=O)N[C@H](C(=O)N[C@@H](Cc1ccc(-c2ccccn2)cc1)C[C@H](O)[C@H](Cc1ccccc1)NC(=O)[C@@H](NC(=O)OC)C(C)(C)OOC(C)=O)C(C)(C)C. The first-order valence-electron chi connectivity index (χ1n) is 18.3. The fourth-order valence-electron chi connectivity index (χ4n) is 5.86. The zero-order valence-corrected chi connectivity index (χ0v) is 32.9. The zero-order valence-electron chi connectivity index (χ0n) is 32.9. The normalized spacial score (nSPS) is 14.3. The lowest BCUT2D eigenvalue weighted by molar-refractivity contribution is -0.326. The van der Waals surface area contributed by atoms with Crippen LogP contribution in [0.3, 0.4) is 0 Å². The average molecular weight is 762 g/mol. The van der Waals surface area contributed by atoms with E-state index in [1.165, 1.54) is 13.8 Å². The first kappa shape index (κ1) is 44.1. The Hall–Kier alpha value is -5.34. The van der Waals surface area contributed by atoms with E-state index < -0.39 is 65.2 Å². The van der Waals surface area contributed by atoms with Crippen LogP contribution in [0.4, 0.5) is 4.79 Å². The highest BCUT2D eigenvalue weighted by Gasteiger charge is 2.42. The summed E-state index contributed by atoms with van der Waals surface area (Å²) in [5, 5.41) is 23.2. The molecule has 1 heterocycles. The summed E-state index contributed by atoms with van der Waals surface area (Å²) in [5.41, 5.74) is 1.12. The van der Waals surface area contributed by atoms with Crippen molar-refractivity contribution in [2.75, 3.05) is 7.11 Å². The van der Waals surface area contributed by atoms with Gasteiger partial charge in [0.1, 0.15) is 17.7 Å². The van der Waals surface area contributed by atoms with Crippen molar-refractivity contribution < 1.29 is 43.6 Å². The van der Waals surface area contributed by atoms with Crippen LogP contribution in [0.15, 0.2) is 79.0 Å². The molecule has 0 bridgehead atoms. The van der Waals surface area contributed by atoms with E-state index in [0.717, 1.165) is 36.4 Å². The summed E-state index contributed by atoms with van der Waals surface area (Å²) < 4.78 is 4.74. The number of aliphatic hydroxyl groups is 1. The number of pyridine rings is 1. The maximum absolute atomic E-state index is 14.0. The summed E-state index contributed by atoms with van der Waals surface area (Å²) in [5.74, 6) is -2.24. The lowest BCUT2D eigenvalue weighted by Gasteiger charge is -2.35. The molecule has 3 rings (SSSR count). The van der Waals surface area contributed by atoms with E-state index in [1.54, 1.807) is 13.1 Å². The summed E-state index contributed by atoms with van der Waals surface area (Å²) in [6, 6.07) is 18.6. The van der Waals surface area contributed by atoms with Gasteiger partial charge in [-0.2, -0.15) is 4.89 Å². The summed E-state index contributed by atoms with van der Waals surface area (Å²) in [6.45, 7) is 11.3. The summed E-state index contributed by atoms with van der Waals surface area (Å²) in [7, 11) is 1.13. The van der Waals surface area contributed by atoms with Gasteiger partial charge in [-0.15, -0.1) is 0 Å². The van der Waals surface area contributed by atoms with Crippen LogP contribution in [-0.2, 0) is 46.5 Å². The number of carbonyl (C=O) groups is 5. The van der Waals surface area contributed by atoms with Gasteiger partial charge in [0.15, 0.2) is 0 Å². The highest BCUT2D eigenvalue weighted by molar-refractivity contribution is 5.88. The number of carbonyl (C=O) groups excluding carboxylic acids is 5. The molecule has 0 saturated carbocycles. The van der Waals surface area contributed by atoms with Gasteiger partial charge in [0.25, 0.3) is 0 Å². The van der Waals surface area contributed by atoms with E-state index in [2.05, 4.69) is 26.3 Å². The van der Waals surface area contributed by atoms with Crippen LogP contribution in [0.5, 0.6) is 0 Å². The van der Waals surface area contributed by atoms with Crippen molar-refractivity contribution in [2.45, 2.75) is 110 Å². The number of hydrogen-bond acceptors (Lipinski definition) is 10. The molecule has 2 aromatic carbocycles. The molecule has 0 saturated heterocycles. The molecular weight excluding hydrogens is 706 g/mol. The molecule has 14 heteroatoms. The lowest BCUT2D eigenvalue weighted by Crippen LogP contribution is -2.62. The molecule has 14 nitrogen and oxygen atoms in total. The second-order valence-electron chi connectivity index (χ2n) is 15.0. The Labute approximate surface area is 323 Å². The number of hydrogen-bond donors (Lipinski definition) is 5. The van der Waals surface area contributed by atoms with Crippen molar-refractivity contribution in [3.05, 3.63) is 90.1 Å². The highest BCUT2D eigenvalue weighted by Crippen LogP contribution is 2.23. The summed E-state index contributed by atoms with van der Waals surface area (Å²) >= 11 is 0. The second-order valence-corrected chi connectivity index (χ2v) is 15.0.